The van der Waals surface area contributed by atoms with Crippen molar-refractivity contribution in [2.24, 2.45) is 0 Å². The van der Waals surface area contributed by atoms with Crippen LogP contribution in [0, 0.1) is 0 Å². The molecule has 1 aliphatic heterocycles. The van der Waals surface area contributed by atoms with Crippen molar-refractivity contribution in [1.29, 1.82) is 0 Å². The number of hydrogen-bond acceptors (Lipinski definition) is 2. The molecule has 3 heteroatoms. The summed E-state index contributed by atoms with van der Waals surface area (Å²) in [6, 6.07) is 15.5. The number of aryl methyl sites for hydroxylation is 1. The van der Waals surface area contributed by atoms with Crippen molar-refractivity contribution in [3.05, 3.63) is 48.0 Å². The van der Waals surface area contributed by atoms with E-state index in [1.807, 2.05) is 0 Å². The molecule has 1 atom stereocenters. The van der Waals surface area contributed by atoms with E-state index in [0.29, 0.717) is 0 Å². The van der Waals surface area contributed by atoms with Crippen LogP contribution in [0.4, 0.5) is 0 Å². The molecule has 0 bridgehead atoms. The second kappa shape index (κ2) is 5.99. The normalized spacial score (nSPS) is 19.7. The van der Waals surface area contributed by atoms with Crippen LogP contribution in [-0.4, -0.2) is 33.8 Å². The van der Waals surface area contributed by atoms with E-state index in [-0.39, 0.29) is 6.10 Å². The van der Waals surface area contributed by atoms with Gasteiger partial charge in [-0.1, -0.05) is 24.3 Å². The fraction of sp³-hybridized carbons (Fsp3) is 0.400. The Kier molecular flexibility index (Phi) is 3.83. The molecule has 1 aliphatic rings. The van der Waals surface area contributed by atoms with E-state index in [9.17, 15) is 5.11 Å². The van der Waals surface area contributed by atoms with E-state index in [4.69, 9.17) is 0 Å². The second-order valence-corrected chi connectivity index (χ2v) is 6.64. The molecule has 3 aromatic rings. The van der Waals surface area contributed by atoms with Gasteiger partial charge in [-0.05, 0) is 50.1 Å². The lowest BCUT2D eigenvalue weighted by Crippen LogP contribution is -2.37. The third-order valence-electron chi connectivity index (χ3n) is 5.04. The highest BCUT2D eigenvalue weighted by molar-refractivity contribution is 6.08. The molecule has 1 fully saturated rings. The van der Waals surface area contributed by atoms with Gasteiger partial charge in [-0.25, -0.2) is 0 Å². The summed E-state index contributed by atoms with van der Waals surface area (Å²) in [6.45, 7) is 6.01. The maximum absolute atomic E-state index is 9.86. The first kappa shape index (κ1) is 14.7. The minimum Gasteiger partial charge on any atom is -0.392 e. The zero-order chi connectivity index (χ0) is 15.8. The Labute approximate surface area is 137 Å². The Morgan fingerprint density at radius 1 is 1.09 bits per heavy atom. The highest BCUT2D eigenvalue weighted by atomic mass is 16.3. The van der Waals surface area contributed by atoms with Gasteiger partial charge in [-0.3, -0.25) is 4.90 Å². The predicted octanol–water partition coefficient (Wildman–Crippen LogP) is 3.77. The molecule has 0 aliphatic carbocycles. The van der Waals surface area contributed by atoms with Gasteiger partial charge in [0.2, 0.25) is 0 Å². The van der Waals surface area contributed by atoms with Crippen LogP contribution in [0.3, 0.4) is 0 Å². The molecule has 0 unspecified atom stereocenters. The molecular weight excluding hydrogens is 284 g/mol. The Morgan fingerprint density at radius 3 is 2.74 bits per heavy atom. The van der Waals surface area contributed by atoms with Crippen molar-refractivity contribution >= 4 is 21.8 Å². The maximum Gasteiger partial charge on any atom is 0.0667 e. The van der Waals surface area contributed by atoms with Crippen LogP contribution in [0.1, 0.15) is 25.3 Å². The highest BCUT2D eigenvalue weighted by Crippen LogP contribution is 2.30. The van der Waals surface area contributed by atoms with Gasteiger partial charge in [0, 0.05) is 41.4 Å². The number of benzene rings is 2. The number of likely N-dealkylation sites (tertiary alicyclic amines) is 1. The molecule has 23 heavy (non-hydrogen) atoms. The summed E-state index contributed by atoms with van der Waals surface area (Å²) >= 11 is 0. The quantitative estimate of drug-likeness (QED) is 0.798. The molecule has 1 N–H and O–H groups in total. The Morgan fingerprint density at radius 2 is 1.91 bits per heavy atom. The van der Waals surface area contributed by atoms with Crippen LogP contribution in [0.25, 0.3) is 21.8 Å². The lowest BCUT2D eigenvalue weighted by atomic mass is 10.1. The number of para-hydroxylation sites is 1. The smallest absolute Gasteiger partial charge is 0.0667 e. The SMILES string of the molecule is CCn1c2ccccc2c2cc(CN3CCC[C@H](O)C3)ccc21. The zero-order valence-corrected chi connectivity index (χ0v) is 13.7. The number of aliphatic hydroxyl groups excluding tert-OH is 1. The molecule has 2 aromatic carbocycles. The van der Waals surface area contributed by atoms with Gasteiger partial charge < -0.3 is 9.67 Å². The third-order valence-corrected chi connectivity index (χ3v) is 5.04. The van der Waals surface area contributed by atoms with E-state index in [2.05, 4.69) is 58.9 Å². The molecule has 0 radical (unpaired) electrons. The first-order valence-corrected chi connectivity index (χ1v) is 8.66. The third kappa shape index (κ3) is 2.64. The zero-order valence-electron chi connectivity index (χ0n) is 13.7. The van der Waals surface area contributed by atoms with Crippen LogP contribution in [0.15, 0.2) is 42.5 Å². The number of nitrogens with zero attached hydrogens (tertiary/aromatic N) is 2. The van der Waals surface area contributed by atoms with E-state index in [1.54, 1.807) is 0 Å². The summed E-state index contributed by atoms with van der Waals surface area (Å²) in [7, 11) is 0. The number of aromatic nitrogens is 1. The average Bonchev–Trinajstić information content (AvgIpc) is 2.88. The van der Waals surface area contributed by atoms with Gasteiger partial charge in [0.15, 0.2) is 0 Å². The average molecular weight is 308 g/mol. The number of rotatable bonds is 3. The number of β-amino-alcohol motifs (C(OH)–C–C–N with tert-alkyl or cyclic N) is 1. The fourth-order valence-corrected chi connectivity index (χ4v) is 3.97. The van der Waals surface area contributed by atoms with Crippen molar-refractivity contribution in [2.45, 2.75) is 39.0 Å². The lowest BCUT2D eigenvalue weighted by molar-refractivity contribution is 0.0668. The van der Waals surface area contributed by atoms with Crippen LogP contribution in [0.5, 0.6) is 0 Å². The standard InChI is InChI=1S/C20H24N2O/c1-2-22-19-8-4-3-7-17(19)18-12-15(9-10-20(18)22)13-21-11-5-6-16(23)14-21/h3-4,7-10,12,16,23H,2,5-6,11,13-14H2,1H3/t16-/m0/s1. The summed E-state index contributed by atoms with van der Waals surface area (Å²) in [5.74, 6) is 0. The Bertz CT molecular complexity index is 836. The van der Waals surface area contributed by atoms with E-state index < -0.39 is 0 Å². The van der Waals surface area contributed by atoms with Crippen LogP contribution in [0.2, 0.25) is 0 Å². The minimum atomic E-state index is -0.158. The minimum absolute atomic E-state index is 0.158. The van der Waals surface area contributed by atoms with Crippen molar-refractivity contribution in [3.8, 4) is 0 Å². The van der Waals surface area contributed by atoms with Crippen LogP contribution >= 0.6 is 0 Å². The fourth-order valence-electron chi connectivity index (χ4n) is 3.97. The molecular formula is C20H24N2O. The van der Waals surface area contributed by atoms with E-state index in [1.165, 1.54) is 27.4 Å². The number of hydrogen-bond donors (Lipinski definition) is 1. The molecule has 0 saturated carbocycles. The summed E-state index contributed by atoms with van der Waals surface area (Å²) < 4.78 is 2.39. The summed E-state index contributed by atoms with van der Waals surface area (Å²) in [4.78, 5) is 2.37. The molecule has 120 valence electrons. The van der Waals surface area contributed by atoms with Crippen molar-refractivity contribution in [3.63, 3.8) is 0 Å². The van der Waals surface area contributed by atoms with Gasteiger partial charge in [0.25, 0.3) is 0 Å². The lowest BCUT2D eigenvalue weighted by Gasteiger charge is -2.30. The molecule has 2 heterocycles. The van der Waals surface area contributed by atoms with Crippen molar-refractivity contribution in [2.75, 3.05) is 13.1 Å². The second-order valence-electron chi connectivity index (χ2n) is 6.64. The molecule has 1 aromatic heterocycles. The van der Waals surface area contributed by atoms with Crippen molar-refractivity contribution < 1.29 is 5.11 Å². The number of piperidine rings is 1. The molecule has 4 rings (SSSR count). The van der Waals surface area contributed by atoms with E-state index in [0.717, 1.165) is 39.0 Å². The first-order chi connectivity index (χ1) is 11.3. The largest absolute Gasteiger partial charge is 0.392 e. The molecule has 1 saturated heterocycles. The number of aliphatic hydroxyl groups is 1. The van der Waals surface area contributed by atoms with Crippen LogP contribution < -0.4 is 0 Å². The topological polar surface area (TPSA) is 28.4 Å². The molecule has 0 amide bonds. The Balaban J connectivity index is 1.74. The van der Waals surface area contributed by atoms with Gasteiger partial charge in [-0.2, -0.15) is 0 Å². The van der Waals surface area contributed by atoms with Gasteiger partial charge in [-0.15, -0.1) is 0 Å². The molecule has 3 nitrogen and oxygen atoms in total. The van der Waals surface area contributed by atoms with Gasteiger partial charge in [0.1, 0.15) is 0 Å². The highest BCUT2D eigenvalue weighted by Gasteiger charge is 2.18. The number of fused-ring (bicyclic) bond motifs is 3. The summed E-state index contributed by atoms with van der Waals surface area (Å²) in [5, 5.41) is 12.5. The van der Waals surface area contributed by atoms with Gasteiger partial charge >= 0.3 is 0 Å². The monoisotopic (exact) mass is 308 g/mol. The Hall–Kier alpha value is -1.84. The first-order valence-electron chi connectivity index (χ1n) is 8.66. The van der Waals surface area contributed by atoms with Crippen LogP contribution in [-0.2, 0) is 13.1 Å². The van der Waals surface area contributed by atoms with E-state index >= 15 is 0 Å². The molecule has 0 spiro atoms. The van der Waals surface area contributed by atoms with Gasteiger partial charge in [0.05, 0.1) is 6.10 Å². The van der Waals surface area contributed by atoms with Crippen molar-refractivity contribution in [1.82, 2.24) is 9.47 Å². The maximum atomic E-state index is 9.86. The predicted molar refractivity (Wildman–Crippen MR) is 95.6 cm³/mol. The summed E-state index contributed by atoms with van der Waals surface area (Å²) in [6.07, 6.45) is 1.88. The summed E-state index contributed by atoms with van der Waals surface area (Å²) in [5.41, 5.74) is 3.97.